The first-order valence-electron chi connectivity index (χ1n) is 9.99. The summed E-state index contributed by atoms with van der Waals surface area (Å²) in [6.45, 7) is 0. The summed E-state index contributed by atoms with van der Waals surface area (Å²) in [6, 6.07) is 36.2. The first-order chi connectivity index (χ1) is 14.9. The highest BCUT2D eigenvalue weighted by atomic mass is 32.1. The molecule has 3 aromatic heterocycles. The molecule has 3 aromatic carbocycles. The Labute approximate surface area is 178 Å². The number of nitrogens with zero attached hydrogens (tertiary/aromatic N) is 2. The van der Waals surface area contributed by atoms with Gasteiger partial charge < -0.3 is 0 Å². The average Bonchev–Trinajstić information content (AvgIpc) is 3.48. The highest BCUT2D eigenvalue weighted by Gasteiger charge is 2.20. The normalized spacial score (nSPS) is 11.3. The molecule has 6 aromatic rings. The summed E-state index contributed by atoms with van der Waals surface area (Å²) < 4.78 is 2.32. The van der Waals surface area contributed by atoms with Crippen molar-refractivity contribution < 1.29 is 0 Å². The summed E-state index contributed by atoms with van der Waals surface area (Å²) in [4.78, 5) is 6.35. The first-order valence-corrected chi connectivity index (χ1v) is 10.9. The molecule has 0 fully saturated rings. The predicted octanol–water partition coefficient (Wildman–Crippen LogP) is 7.55. The molecule has 0 unspecified atom stereocenters. The largest absolute Gasteiger partial charge is 0.291 e. The monoisotopic (exact) mass is 402 g/mol. The van der Waals surface area contributed by atoms with Gasteiger partial charge in [0.25, 0.3) is 0 Å². The van der Waals surface area contributed by atoms with Crippen molar-refractivity contribution in [1.82, 2.24) is 9.38 Å². The third kappa shape index (κ3) is 2.67. The van der Waals surface area contributed by atoms with Crippen LogP contribution in [0.15, 0.2) is 109 Å². The Morgan fingerprint density at radius 1 is 0.667 bits per heavy atom. The maximum absolute atomic E-state index is 5.12. The number of hydrogen-bond donors (Lipinski definition) is 0. The Morgan fingerprint density at radius 3 is 2.10 bits per heavy atom. The van der Waals surface area contributed by atoms with Gasteiger partial charge in [-0.1, -0.05) is 78.9 Å². The third-order valence-electron chi connectivity index (χ3n) is 5.50. The summed E-state index contributed by atoms with van der Waals surface area (Å²) in [5.74, 6) is 0. The van der Waals surface area contributed by atoms with Crippen LogP contribution < -0.4 is 0 Å². The van der Waals surface area contributed by atoms with Gasteiger partial charge in [0.15, 0.2) is 0 Å². The van der Waals surface area contributed by atoms with E-state index in [-0.39, 0.29) is 0 Å². The summed E-state index contributed by atoms with van der Waals surface area (Å²) in [6.07, 6.45) is 0. The summed E-state index contributed by atoms with van der Waals surface area (Å²) in [5.41, 5.74) is 9.05. The standard InChI is InChI=1S/C27H18N2S/c1-3-10-19(11-4-1)21-18-24(25-16-9-17-30-25)29-23-15-8-7-14-22(23)28-27(29)26(21)20-12-5-2-6-13-20/h1-18H. The molecule has 0 aliphatic carbocycles. The van der Waals surface area contributed by atoms with Gasteiger partial charge in [-0.05, 0) is 46.3 Å². The fraction of sp³-hybridized carbons (Fsp3) is 0. The van der Waals surface area contributed by atoms with E-state index in [1.54, 1.807) is 11.3 Å². The Hall–Kier alpha value is -3.69. The molecule has 30 heavy (non-hydrogen) atoms. The molecule has 0 amide bonds. The number of fused-ring (bicyclic) bond motifs is 3. The van der Waals surface area contributed by atoms with Crippen molar-refractivity contribution >= 4 is 28.0 Å². The van der Waals surface area contributed by atoms with Crippen molar-refractivity contribution in [3.05, 3.63) is 109 Å². The van der Waals surface area contributed by atoms with Crippen molar-refractivity contribution in [3.63, 3.8) is 0 Å². The van der Waals surface area contributed by atoms with E-state index < -0.39 is 0 Å². The van der Waals surface area contributed by atoms with Crippen LogP contribution in [0.1, 0.15) is 0 Å². The number of para-hydroxylation sites is 2. The molecule has 3 heteroatoms. The quantitative estimate of drug-likeness (QED) is 0.299. The average molecular weight is 403 g/mol. The zero-order valence-corrected chi connectivity index (χ0v) is 17.0. The number of pyridine rings is 1. The van der Waals surface area contributed by atoms with Gasteiger partial charge in [0, 0.05) is 5.56 Å². The van der Waals surface area contributed by atoms with Crippen LogP contribution >= 0.6 is 11.3 Å². The van der Waals surface area contributed by atoms with E-state index in [0.717, 1.165) is 16.7 Å². The van der Waals surface area contributed by atoms with E-state index >= 15 is 0 Å². The minimum Gasteiger partial charge on any atom is -0.291 e. The fourth-order valence-corrected chi connectivity index (χ4v) is 4.90. The van der Waals surface area contributed by atoms with Gasteiger partial charge in [0.2, 0.25) is 0 Å². The van der Waals surface area contributed by atoms with Crippen molar-refractivity contribution in [2.24, 2.45) is 0 Å². The number of aromatic nitrogens is 2. The summed E-state index contributed by atoms with van der Waals surface area (Å²) in [5, 5.41) is 2.13. The fourth-order valence-electron chi connectivity index (χ4n) is 4.17. The lowest BCUT2D eigenvalue weighted by molar-refractivity contribution is 1.24. The molecular weight excluding hydrogens is 384 g/mol. The van der Waals surface area contributed by atoms with Crippen molar-refractivity contribution in [2.45, 2.75) is 0 Å². The Kier molecular flexibility index (Phi) is 4.00. The topological polar surface area (TPSA) is 17.3 Å². The van der Waals surface area contributed by atoms with Crippen LogP contribution in [0.2, 0.25) is 0 Å². The van der Waals surface area contributed by atoms with Crippen LogP contribution in [0.4, 0.5) is 0 Å². The molecule has 2 nitrogen and oxygen atoms in total. The summed E-state index contributed by atoms with van der Waals surface area (Å²) >= 11 is 1.76. The molecule has 3 heterocycles. The molecule has 0 radical (unpaired) electrons. The lowest BCUT2D eigenvalue weighted by atomic mass is 9.94. The van der Waals surface area contributed by atoms with Crippen molar-refractivity contribution in [1.29, 1.82) is 0 Å². The highest BCUT2D eigenvalue weighted by molar-refractivity contribution is 7.13. The van der Waals surface area contributed by atoms with Gasteiger partial charge >= 0.3 is 0 Å². The Morgan fingerprint density at radius 2 is 1.37 bits per heavy atom. The molecule has 6 rings (SSSR count). The van der Waals surface area contributed by atoms with Gasteiger partial charge in [-0.3, -0.25) is 4.40 Å². The van der Waals surface area contributed by atoms with Crippen LogP contribution in [0.25, 0.3) is 49.5 Å². The molecule has 0 saturated carbocycles. The van der Waals surface area contributed by atoms with Crippen LogP contribution in [-0.2, 0) is 0 Å². The van der Waals surface area contributed by atoms with E-state index in [9.17, 15) is 0 Å². The van der Waals surface area contributed by atoms with Gasteiger partial charge in [-0.2, -0.15) is 0 Å². The van der Waals surface area contributed by atoms with Gasteiger partial charge in [-0.15, -0.1) is 11.3 Å². The molecule has 0 atom stereocenters. The number of rotatable bonds is 3. The van der Waals surface area contributed by atoms with Crippen LogP contribution in [0.3, 0.4) is 0 Å². The summed E-state index contributed by atoms with van der Waals surface area (Å²) in [7, 11) is 0. The third-order valence-corrected chi connectivity index (χ3v) is 6.39. The maximum Gasteiger partial charge on any atom is 0.147 e. The Bertz CT molecular complexity index is 1460. The number of hydrogen-bond acceptors (Lipinski definition) is 2. The molecule has 0 N–H and O–H groups in total. The molecular formula is C27H18N2S. The number of thiophene rings is 1. The molecule has 0 aliphatic heterocycles. The molecule has 0 aliphatic rings. The van der Waals surface area contributed by atoms with Gasteiger partial charge in [-0.25, -0.2) is 4.98 Å². The number of benzene rings is 3. The first kappa shape index (κ1) is 17.2. The van der Waals surface area contributed by atoms with Crippen LogP contribution in [0, 0.1) is 0 Å². The Balaban J connectivity index is 1.84. The van der Waals surface area contributed by atoms with Crippen molar-refractivity contribution in [2.75, 3.05) is 0 Å². The maximum atomic E-state index is 5.12. The van der Waals surface area contributed by atoms with E-state index in [4.69, 9.17) is 4.98 Å². The molecule has 0 saturated heterocycles. The van der Waals surface area contributed by atoms with Crippen LogP contribution in [0.5, 0.6) is 0 Å². The minimum absolute atomic E-state index is 0.993. The zero-order chi connectivity index (χ0) is 19.9. The molecule has 142 valence electrons. The van der Waals surface area contributed by atoms with E-state index in [1.165, 1.54) is 32.8 Å². The van der Waals surface area contributed by atoms with E-state index in [2.05, 4.69) is 113 Å². The minimum atomic E-state index is 0.993. The SMILES string of the molecule is c1ccc(-c2cc(-c3cccs3)n3c(nc4ccccc43)c2-c2ccccc2)cc1. The lowest BCUT2D eigenvalue weighted by Crippen LogP contribution is -1.97. The van der Waals surface area contributed by atoms with E-state index in [1.807, 2.05) is 0 Å². The molecule has 0 spiro atoms. The second-order valence-electron chi connectivity index (χ2n) is 7.29. The van der Waals surface area contributed by atoms with E-state index in [0.29, 0.717) is 0 Å². The lowest BCUT2D eigenvalue weighted by Gasteiger charge is -2.16. The molecule has 0 bridgehead atoms. The second-order valence-corrected chi connectivity index (χ2v) is 8.23. The zero-order valence-electron chi connectivity index (χ0n) is 16.2. The smallest absolute Gasteiger partial charge is 0.147 e. The van der Waals surface area contributed by atoms with Gasteiger partial charge in [0.05, 0.1) is 21.6 Å². The number of imidazole rings is 1. The van der Waals surface area contributed by atoms with Gasteiger partial charge in [0.1, 0.15) is 5.65 Å². The van der Waals surface area contributed by atoms with Crippen LogP contribution in [-0.4, -0.2) is 9.38 Å². The van der Waals surface area contributed by atoms with Crippen molar-refractivity contribution in [3.8, 4) is 32.8 Å². The highest BCUT2D eigenvalue weighted by Crippen LogP contribution is 2.41. The second kappa shape index (κ2) is 6.97. The predicted molar refractivity (Wildman–Crippen MR) is 127 cm³/mol.